The van der Waals surface area contributed by atoms with E-state index < -0.39 is 7.12 Å². The van der Waals surface area contributed by atoms with Crippen LogP contribution in [-0.4, -0.2) is 30.4 Å². The fourth-order valence-corrected chi connectivity index (χ4v) is 1.85. The van der Waals surface area contributed by atoms with Gasteiger partial charge in [-0.2, -0.15) is 0 Å². The molecule has 0 radical (unpaired) electrons. The second-order valence-corrected chi connectivity index (χ2v) is 5.70. The lowest BCUT2D eigenvalue weighted by molar-refractivity contribution is 0.00578. The molecule has 1 aromatic heterocycles. The smallest absolute Gasteiger partial charge is 0.481 e. The number of aromatic nitrogens is 1. The molecule has 1 aliphatic heterocycles. The second kappa shape index (κ2) is 4.25. The Labute approximate surface area is 109 Å². The molecule has 0 unspecified atom stereocenters. The molecule has 0 aromatic carbocycles. The monoisotopic (exact) mass is 249 g/mol. The first-order valence-corrected chi connectivity index (χ1v) is 6.13. The van der Waals surface area contributed by atoms with Crippen LogP contribution in [-0.2, 0) is 9.31 Å². The zero-order valence-corrected chi connectivity index (χ0v) is 11.9. The van der Waals surface area contributed by atoms with Crippen molar-refractivity contribution in [2.45, 2.75) is 45.8 Å². The van der Waals surface area contributed by atoms with Crippen LogP contribution in [0.1, 0.15) is 33.3 Å². The van der Waals surface area contributed by atoms with Gasteiger partial charge in [0.1, 0.15) is 0 Å². The molecule has 0 aliphatic carbocycles. The topological polar surface area (TPSA) is 40.6 Å². The van der Waals surface area contributed by atoms with Gasteiger partial charge >= 0.3 is 7.12 Å². The fraction of sp³-hybridized carbons (Fsp3) is 0.615. The van der Waals surface area contributed by atoms with Gasteiger partial charge in [-0.1, -0.05) is 0 Å². The lowest BCUT2D eigenvalue weighted by Gasteiger charge is -2.32. The van der Waals surface area contributed by atoms with Crippen molar-refractivity contribution in [1.82, 2.24) is 4.98 Å². The van der Waals surface area contributed by atoms with Gasteiger partial charge in [0.15, 0.2) is 0 Å². The van der Waals surface area contributed by atoms with Gasteiger partial charge in [0, 0.05) is 6.07 Å². The molecule has 0 saturated carbocycles. The molecule has 18 heavy (non-hydrogen) atoms. The van der Waals surface area contributed by atoms with Crippen molar-refractivity contribution in [3.05, 3.63) is 17.7 Å². The summed E-state index contributed by atoms with van der Waals surface area (Å²) in [5.41, 5.74) is 1.13. The molecule has 0 N–H and O–H groups in total. The van der Waals surface area contributed by atoms with E-state index >= 15 is 0 Å². The third kappa shape index (κ3) is 2.25. The maximum Gasteiger partial charge on any atom is 0.514 e. The minimum Gasteiger partial charge on any atom is -0.481 e. The normalized spacial score (nSPS) is 21.1. The summed E-state index contributed by atoms with van der Waals surface area (Å²) in [6.45, 7) is 10.1. The summed E-state index contributed by atoms with van der Waals surface area (Å²) in [6, 6.07) is 3.85. The average molecular weight is 249 g/mol. The highest BCUT2D eigenvalue weighted by Crippen LogP contribution is 2.36. The van der Waals surface area contributed by atoms with Crippen LogP contribution < -0.4 is 10.3 Å². The van der Waals surface area contributed by atoms with Crippen molar-refractivity contribution in [2.24, 2.45) is 0 Å². The second-order valence-electron chi connectivity index (χ2n) is 5.70. The molecular weight excluding hydrogens is 229 g/mol. The first-order chi connectivity index (χ1) is 8.25. The first-order valence-electron chi connectivity index (χ1n) is 6.13. The molecule has 1 aromatic rings. The van der Waals surface area contributed by atoms with Gasteiger partial charge in [-0.05, 0) is 46.2 Å². The number of hydrogen-bond donors (Lipinski definition) is 0. The van der Waals surface area contributed by atoms with E-state index in [1.54, 1.807) is 7.11 Å². The number of methoxy groups -OCH3 is 1. The fourth-order valence-electron chi connectivity index (χ4n) is 1.85. The number of hydrogen-bond acceptors (Lipinski definition) is 4. The minimum absolute atomic E-state index is 0.351. The summed E-state index contributed by atoms with van der Waals surface area (Å²) in [5, 5.41) is 0. The van der Waals surface area contributed by atoms with E-state index in [2.05, 4.69) is 4.98 Å². The van der Waals surface area contributed by atoms with Crippen molar-refractivity contribution < 1.29 is 14.0 Å². The highest BCUT2D eigenvalue weighted by molar-refractivity contribution is 6.61. The molecule has 4 nitrogen and oxygen atoms in total. The van der Waals surface area contributed by atoms with Gasteiger partial charge in [0.2, 0.25) is 5.88 Å². The number of pyridine rings is 1. The third-order valence-corrected chi connectivity index (χ3v) is 3.67. The van der Waals surface area contributed by atoms with Crippen molar-refractivity contribution in [1.29, 1.82) is 0 Å². The summed E-state index contributed by atoms with van der Waals surface area (Å²) in [5.74, 6) is 0.583. The number of aryl methyl sites for hydroxylation is 1. The third-order valence-electron chi connectivity index (χ3n) is 3.67. The average Bonchev–Trinajstić information content (AvgIpc) is 2.47. The predicted octanol–water partition coefficient (Wildman–Crippen LogP) is 1.70. The van der Waals surface area contributed by atoms with Crippen LogP contribution in [0.5, 0.6) is 5.88 Å². The van der Waals surface area contributed by atoms with E-state index in [-0.39, 0.29) is 11.2 Å². The Balaban J connectivity index is 2.32. The molecule has 98 valence electrons. The van der Waals surface area contributed by atoms with E-state index in [0.29, 0.717) is 5.88 Å². The van der Waals surface area contributed by atoms with Crippen LogP contribution in [0.4, 0.5) is 0 Å². The highest BCUT2D eigenvalue weighted by atomic mass is 16.7. The van der Waals surface area contributed by atoms with Crippen molar-refractivity contribution in [3.63, 3.8) is 0 Å². The molecule has 2 rings (SSSR count). The van der Waals surface area contributed by atoms with Gasteiger partial charge in [0.05, 0.1) is 23.9 Å². The lowest BCUT2D eigenvalue weighted by atomic mass is 9.83. The van der Waals surface area contributed by atoms with Crippen molar-refractivity contribution >= 4 is 12.7 Å². The maximum atomic E-state index is 5.96. The SMILES string of the molecule is COc1cc(C)cc(B2OC(C)(C)C(C)(C)O2)n1. The molecular formula is C13H20BNO3. The highest BCUT2D eigenvalue weighted by Gasteiger charge is 2.52. The molecule has 5 heteroatoms. The molecule has 0 atom stereocenters. The molecule has 0 spiro atoms. The van der Waals surface area contributed by atoms with Crippen LogP contribution in [0.15, 0.2) is 12.1 Å². The Morgan fingerprint density at radius 2 is 1.67 bits per heavy atom. The lowest BCUT2D eigenvalue weighted by Crippen LogP contribution is -2.41. The van der Waals surface area contributed by atoms with E-state index in [1.165, 1.54) is 0 Å². The molecule has 1 aliphatic rings. The Kier molecular flexibility index (Phi) is 3.15. The van der Waals surface area contributed by atoms with Crippen LogP contribution >= 0.6 is 0 Å². The Bertz CT molecular complexity index is 444. The predicted molar refractivity (Wildman–Crippen MR) is 71.2 cm³/mol. The Hall–Kier alpha value is -1.07. The summed E-state index contributed by atoms with van der Waals surface area (Å²) < 4.78 is 17.1. The molecule has 1 fully saturated rings. The Morgan fingerprint density at radius 1 is 1.11 bits per heavy atom. The first kappa shape index (κ1) is 13.4. The number of rotatable bonds is 2. The summed E-state index contributed by atoms with van der Waals surface area (Å²) in [6.07, 6.45) is 0. The van der Waals surface area contributed by atoms with Gasteiger partial charge in [0.25, 0.3) is 0 Å². The van der Waals surface area contributed by atoms with Gasteiger partial charge in [-0.25, -0.2) is 4.98 Å². The van der Waals surface area contributed by atoms with Gasteiger partial charge < -0.3 is 14.0 Å². The van der Waals surface area contributed by atoms with Crippen LogP contribution in [0.3, 0.4) is 0 Å². The Morgan fingerprint density at radius 3 is 2.17 bits per heavy atom. The molecule has 0 bridgehead atoms. The van der Waals surface area contributed by atoms with Crippen LogP contribution in [0.2, 0.25) is 0 Å². The minimum atomic E-state index is -0.441. The van der Waals surface area contributed by atoms with E-state index in [9.17, 15) is 0 Å². The summed E-state index contributed by atoms with van der Waals surface area (Å²) in [7, 11) is 1.17. The standard InChI is InChI=1S/C13H20BNO3/c1-9-7-10(15-11(8-9)16-6)14-17-12(2,3)13(4,5)18-14/h7-8H,1-6H3. The quantitative estimate of drug-likeness (QED) is 0.748. The van der Waals surface area contributed by atoms with Crippen molar-refractivity contribution in [3.8, 4) is 5.88 Å². The number of ether oxygens (including phenoxy) is 1. The van der Waals surface area contributed by atoms with E-state index in [0.717, 1.165) is 11.2 Å². The van der Waals surface area contributed by atoms with Gasteiger partial charge in [-0.3, -0.25) is 0 Å². The van der Waals surface area contributed by atoms with E-state index in [1.807, 2.05) is 46.8 Å². The zero-order chi connectivity index (χ0) is 13.6. The molecule has 0 amide bonds. The van der Waals surface area contributed by atoms with Crippen molar-refractivity contribution in [2.75, 3.05) is 7.11 Å². The molecule has 2 heterocycles. The summed E-state index contributed by atoms with van der Waals surface area (Å²) in [4.78, 5) is 4.39. The largest absolute Gasteiger partial charge is 0.514 e. The van der Waals surface area contributed by atoms with E-state index in [4.69, 9.17) is 14.0 Å². The maximum absolute atomic E-state index is 5.96. The van der Waals surface area contributed by atoms with Crippen LogP contribution in [0, 0.1) is 6.92 Å². The summed E-state index contributed by atoms with van der Waals surface area (Å²) >= 11 is 0. The van der Waals surface area contributed by atoms with Gasteiger partial charge in [-0.15, -0.1) is 0 Å². The zero-order valence-electron chi connectivity index (χ0n) is 11.9. The van der Waals surface area contributed by atoms with Crippen LogP contribution in [0.25, 0.3) is 0 Å². The molecule has 1 saturated heterocycles. The number of nitrogens with zero attached hydrogens (tertiary/aromatic N) is 1.